The van der Waals surface area contributed by atoms with Gasteiger partial charge in [-0.25, -0.2) is 4.79 Å². The van der Waals surface area contributed by atoms with Crippen molar-refractivity contribution in [2.75, 3.05) is 6.54 Å². The van der Waals surface area contributed by atoms with E-state index in [9.17, 15) is 4.79 Å². The molecular weight excluding hydrogens is 256 g/mol. The van der Waals surface area contributed by atoms with Crippen LogP contribution in [-0.2, 0) is 6.54 Å². The number of nitrogens with zero attached hydrogens (tertiary/aromatic N) is 3. The molecule has 3 aromatic rings. The summed E-state index contributed by atoms with van der Waals surface area (Å²) in [7, 11) is 0. The van der Waals surface area contributed by atoms with Crippen LogP contribution in [-0.4, -0.2) is 31.5 Å². The summed E-state index contributed by atoms with van der Waals surface area (Å²) < 4.78 is 1.78. The number of H-pyrrole nitrogens is 2. The van der Waals surface area contributed by atoms with Gasteiger partial charge in [-0.2, -0.15) is 0 Å². The first-order valence-electron chi connectivity index (χ1n) is 6.52. The minimum absolute atomic E-state index is 0.177. The van der Waals surface area contributed by atoms with Crippen molar-refractivity contribution in [3.63, 3.8) is 0 Å². The number of nitrogens with one attached hydrogen (secondary N) is 3. The second-order valence-electron chi connectivity index (χ2n) is 4.73. The van der Waals surface area contributed by atoms with Crippen molar-refractivity contribution >= 4 is 11.0 Å². The molecule has 7 nitrogen and oxygen atoms in total. The molecule has 0 aliphatic carbocycles. The summed E-state index contributed by atoms with van der Waals surface area (Å²) in [5.41, 5.74) is 2.61. The number of benzene rings is 1. The number of aromatic amines is 2. The molecule has 2 aromatic heterocycles. The molecule has 20 heavy (non-hydrogen) atoms. The molecule has 3 rings (SSSR count). The summed E-state index contributed by atoms with van der Waals surface area (Å²) in [6, 6.07) is 6.11. The highest BCUT2D eigenvalue weighted by Gasteiger charge is 2.07. The van der Waals surface area contributed by atoms with E-state index in [0.717, 1.165) is 29.7 Å². The van der Waals surface area contributed by atoms with Crippen molar-refractivity contribution in [2.45, 2.75) is 19.5 Å². The van der Waals surface area contributed by atoms with E-state index in [1.54, 1.807) is 10.9 Å². The lowest BCUT2D eigenvalue weighted by atomic mass is 10.1. The van der Waals surface area contributed by atoms with Gasteiger partial charge >= 0.3 is 5.69 Å². The molecular formula is C13H16N6O. The third kappa shape index (κ3) is 2.62. The van der Waals surface area contributed by atoms with Crippen LogP contribution in [0.3, 0.4) is 0 Å². The third-order valence-corrected chi connectivity index (χ3v) is 3.30. The van der Waals surface area contributed by atoms with Crippen molar-refractivity contribution in [3.8, 4) is 0 Å². The molecule has 0 fully saturated rings. The van der Waals surface area contributed by atoms with Gasteiger partial charge < -0.3 is 15.3 Å². The number of imidazole rings is 1. The molecule has 104 valence electrons. The Morgan fingerprint density at radius 3 is 3.00 bits per heavy atom. The first kappa shape index (κ1) is 12.6. The molecule has 0 bridgehead atoms. The van der Waals surface area contributed by atoms with Crippen molar-refractivity contribution in [1.82, 2.24) is 30.3 Å². The van der Waals surface area contributed by atoms with Crippen LogP contribution in [0, 0.1) is 0 Å². The molecule has 0 aliphatic rings. The number of fused-ring (bicyclic) bond motifs is 1. The van der Waals surface area contributed by atoms with E-state index >= 15 is 0 Å². The smallest absolute Gasteiger partial charge is 0.308 e. The zero-order valence-electron chi connectivity index (χ0n) is 11.1. The van der Waals surface area contributed by atoms with E-state index in [1.165, 1.54) is 0 Å². The Morgan fingerprint density at radius 1 is 1.35 bits per heavy atom. The van der Waals surface area contributed by atoms with Crippen LogP contribution in [0.1, 0.15) is 18.5 Å². The molecule has 0 saturated carbocycles. The first-order chi connectivity index (χ1) is 9.72. The van der Waals surface area contributed by atoms with Gasteiger partial charge in [0.15, 0.2) is 0 Å². The Kier molecular flexibility index (Phi) is 3.34. The van der Waals surface area contributed by atoms with E-state index in [-0.39, 0.29) is 11.7 Å². The fraction of sp³-hybridized carbons (Fsp3) is 0.308. The monoisotopic (exact) mass is 272 g/mol. The maximum Gasteiger partial charge on any atom is 0.323 e. The topological polar surface area (TPSA) is 91.4 Å². The lowest BCUT2D eigenvalue weighted by molar-refractivity contribution is 0.499. The van der Waals surface area contributed by atoms with Crippen molar-refractivity contribution < 1.29 is 0 Å². The Hall–Kier alpha value is -2.41. The molecule has 1 unspecified atom stereocenters. The van der Waals surface area contributed by atoms with E-state index in [1.807, 2.05) is 24.4 Å². The predicted molar refractivity (Wildman–Crippen MR) is 75.4 cm³/mol. The van der Waals surface area contributed by atoms with Crippen LogP contribution in [0.4, 0.5) is 0 Å². The van der Waals surface area contributed by atoms with Gasteiger partial charge in [0.05, 0.1) is 23.8 Å². The molecule has 1 aromatic carbocycles. The SMILES string of the molecule is CC(NCCn1ccnn1)c1ccc2[nH]c(=O)[nH]c2c1. The van der Waals surface area contributed by atoms with Crippen LogP contribution in [0.5, 0.6) is 0 Å². The highest BCUT2D eigenvalue weighted by atomic mass is 16.1. The molecule has 7 heteroatoms. The Labute approximate surface area is 115 Å². The van der Waals surface area contributed by atoms with Gasteiger partial charge in [-0.3, -0.25) is 4.68 Å². The molecule has 2 heterocycles. The number of hydrogen-bond donors (Lipinski definition) is 3. The van der Waals surface area contributed by atoms with Crippen LogP contribution >= 0.6 is 0 Å². The highest BCUT2D eigenvalue weighted by Crippen LogP contribution is 2.16. The predicted octanol–water partition coefficient (Wildman–Crippen LogP) is 0.798. The highest BCUT2D eigenvalue weighted by molar-refractivity contribution is 5.75. The van der Waals surface area contributed by atoms with E-state index in [4.69, 9.17) is 0 Å². The van der Waals surface area contributed by atoms with Gasteiger partial charge in [0.2, 0.25) is 0 Å². The zero-order valence-corrected chi connectivity index (χ0v) is 11.1. The molecule has 0 saturated heterocycles. The van der Waals surface area contributed by atoms with Gasteiger partial charge in [-0.15, -0.1) is 5.10 Å². The molecule has 0 spiro atoms. The van der Waals surface area contributed by atoms with Crippen molar-refractivity contribution in [2.24, 2.45) is 0 Å². The summed E-state index contributed by atoms with van der Waals surface area (Å²) >= 11 is 0. The van der Waals surface area contributed by atoms with Gasteiger partial charge in [-0.1, -0.05) is 11.3 Å². The maximum absolute atomic E-state index is 11.2. The van der Waals surface area contributed by atoms with Gasteiger partial charge in [0.25, 0.3) is 0 Å². The number of hydrogen-bond acceptors (Lipinski definition) is 4. The van der Waals surface area contributed by atoms with Crippen LogP contribution < -0.4 is 11.0 Å². The summed E-state index contributed by atoms with van der Waals surface area (Å²) in [5.74, 6) is 0. The standard InChI is InChI=1S/C13H16N6O/c1-9(14-4-6-19-7-5-15-18-19)10-2-3-11-12(8-10)17-13(20)16-11/h2-3,5,7-9,14H,4,6H2,1H3,(H2,16,17,20). The normalized spacial score (nSPS) is 12.8. The van der Waals surface area contributed by atoms with Gasteiger partial charge in [0.1, 0.15) is 0 Å². The van der Waals surface area contributed by atoms with Crippen LogP contribution in [0.25, 0.3) is 11.0 Å². The Balaban J connectivity index is 1.65. The van der Waals surface area contributed by atoms with Crippen molar-refractivity contribution in [1.29, 1.82) is 0 Å². The minimum Gasteiger partial charge on any atom is -0.308 e. The summed E-state index contributed by atoms with van der Waals surface area (Å²) in [5, 5.41) is 11.1. The van der Waals surface area contributed by atoms with Crippen LogP contribution in [0.15, 0.2) is 35.4 Å². The molecule has 0 aliphatic heterocycles. The lowest BCUT2D eigenvalue weighted by Gasteiger charge is -2.14. The lowest BCUT2D eigenvalue weighted by Crippen LogP contribution is -2.23. The van der Waals surface area contributed by atoms with E-state index < -0.39 is 0 Å². The van der Waals surface area contributed by atoms with Gasteiger partial charge in [0, 0.05) is 18.8 Å². The summed E-state index contributed by atoms with van der Waals surface area (Å²) in [6.45, 7) is 3.66. The Morgan fingerprint density at radius 2 is 2.20 bits per heavy atom. The Bertz CT molecular complexity index is 742. The molecule has 3 N–H and O–H groups in total. The number of aromatic nitrogens is 5. The molecule has 1 atom stereocenters. The first-order valence-corrected chi connectivity index (χ1v) is 6.52. The fourth-order valence-electron chi connectivity index (χ4n) is 2.18. The second kappa shape index (κ2) is 5.30. The summed E-state index contributed by atoms with van der Waals surface area (Å²) in [4.78, 5) is 16.7. The average Bonchev–Trinajstić information content (AvgIpc) is 3.05. The summed E-state index contributed by atoms with van der Waals surface area (Å²) in [6.07, 6.45) is 3.50. The van der Waals surface area contributed by atoms with E-state index in [2.05, 4.69) is 32.5 Å². The maximum atomic E-state index is 11.2. The molecule has 0 radical (unpaired) electrons. The quantitative estimate of drug-likeness (QED) is 0.640. The fourth-order valence-corrected chi connectivity index (χ4v) is 2.18. The molecule has 0 amide bonds. The van der Waals surface area contributed by atoms with Gasteiger partial charge in [-0.05, 0) is 24.6 Å². The largest absolute Gasteiger partial charge is 0.323 e. The average molecular weight is 272 g/mol. The minimum atomic E-state index is -0.177. The second-order valence-corrected chi connectivity index (χ2v) is 4.73. The third-order valence-electron chi connectivity index (χ3n) is 3.30. The van der Waals surface area contributed by atoms with Crippen molar-refractivity contribution in [3.05, 3.63) is 46.6 Å². The zero-order chi connectivity index (χ0) is 13.9. The van der Waals surface area contributed by atoms with Crippen LogP contribution in [0.2, 0.25) is 0 Å². The van der Waals surface area contributed by atoms with E-state index in [0.29, 0.717) is 0 Å². The number of rotatable bonds is 5.